The van der Waals surface area contributed by atoms with Gasteiger partial charge < -0.3 is 15.7 Å². The van der Waals surface area contributed by atoms with Gasteiger partial charge in [-0.15, -0.1) is 0 Å². The number of rotatable bonds is 15. The highest BCUT2D eigenvalue weighted by Crippen LogP contribution is 2.33. The minimum atomic E-state index is -0.995. The predicted molar refractivity (Wildman–Crippen MR) is 180 cm³/mol. The maximum atomic E-state index is 13.5. The molecule has 0 saturated heterocycles. The first-order valence-corrected chi connectivity index (χ1v) is 18.5. The van der Waals surface area contributed by atoms with Crippen LogP contribution >= 0.6 is 23.5 Å². The molecular formula is C35H50N2O3S2. The van der Waals surface area contributed by atoms with Crippen molar-refractivity contribution < 1.29 is 14.7 Å². The van der Waals surface area contributed by atoms with Gasteiger partial charge in [-0.25, -0.2) is 4.79 Å². The van der Waals surface area contributed by atoms with Gasteiger partial charge in [-0.1, -0.05) is 81.7 Å². The molecule has 2 fully saturated rings. The van der Waals surface area contributed by atoms with Gasteiger partial charge in [-0.3, -0.25) is 4.79 Å². The zero-order valence-electron chi connectivity index (χ0n) is 25.5. The summed E-state index contributed by atoms with van der Waals surface area (Å²) in [5.41, 5.74) is 4.63. The number of aliphatic carboxylic acids is 1. The van der Waals surface area contributed by atoms with Crippen molar-refractivity contribution in [3.05, 3.63) is 59.2 Å². The summed E-state index contributed by atoms with van der Waals surface area (Å²) >= 11 is 3.77. The molecule has 5 nitrogen and oxygen atoms in total. The molecule has 2 aromatic carbocycles. The van der Waals surface area contributed by atoms with Crippen LogP contribution in [-0.2, 0) is 11.3 Å². The van der Waals surface area contributed by atoms with E-state index in [1.54, 1.807) is 11.8 Å². The van der Waals surface area contributed by atoms with Gasteiger partial charge in [0.05, 0.1) is 0 Å². The number of thioether (sulfide) groups is 2. The number of carbonyl (C=O) groups is 2. The van der Waals surface area contributed by atoms with Crippen molar-refractivity contribution in [1.82, 2.24) is 10.6 Å². The van der Waals surface area contributed by atoms with Gasteiger partial charge in [0.2, 0.25) is 0 Å². The van der Waals surface area contributed by atoms with Crippen LogP contribution in [0.1, 0.15) is 98.5 Å². The Bertz CT molecular complexity index is 1140. The van der Waals surface area contributed by atoms with Crippen LogP contribution in [0.2, 0.25) is 0 Å². The molecule has 0 heterocycles. The number of nitrogens with one attached hydrogen (secondary N) is 2. The van der Waals surface area contributed by atoms with Crippen molar-refractivity contribution >= 4 is 35.4 Å². The van der Waals surface area contributed by atoms with E-state index in [9.17, 15) is 14.7 Å². The molecule has 0 bridgehead atoms. The fourth-order valence-electron chi connectivity index (χ4n) is 6.51. The van der Waals surface area contributed by atoms with Crippen LogP contribution in [0, 0.1) is 12.8 Å². The molecule has 0 spiro atoms. The lowest BCUT2D eigenvalue weighted by atomic mass is 9.85. The number of benzene rings is 2. The van der Waals surface area contributed by atoms with Crippen LogP contribution in [0.5, 0.6) is 0 Å². The van der Waals surface area contributed by atoms with Crippen molar-refractivity contribution in [2.24, 2.45) is 5.92 Å². The third-order valence-corrected chi connectivity index (χ3v) is 11.2. The maximum absolute atomic E-state index is 13.5. The number of carboxylic acids is 1. The molecule has 3 N–H and O–H groups in total. The largest absolute Gasteiger partial charge is 0.480 e. The molecule has 2 aliphatic rings. The van der Waals surface area contributed by atoms with Gasteiger partial charge in [0.1, 0.15) is 6.04 Å². The highest BCUT2D eigenvalue weighted by molar-refractivity contribution is 8.00. The van der Waals surface area contributed by atoms with E-state index in [0.29, 0.717) is 23.8 Å². The van der Waals surface area contributed by atoms with Crippen LogP contribution in [0.4, 0.5) is 0 Å². The summed E-state index contributed by atoms with van der Waals surface area (Å²) in [7, 11) is 0. The summed E-state index contributed by atoms with van der Waals surface area (Å²) < 4.78 is 0. The molecule has 2 atom stereocenters. The fourth-order valence-corrected chi connectivity index (χ4v) is 8.40. The van der Waals surface area contributed by atoms with Crippen LogP contribution in [0.3, 0.4) is 0 Å². The van der Waals surface area contributed by atoms with Crippen LogP contribution in [0.25, 0.3) is 11.1 Å². The van der Waals surface area contributed by atoms with Crippen LogP contribution < -0.4 is 10.6 Å². The van der Waals surface area contributed by atoms with Crippen LogP contribution in [0.15, 0.2) is 42.5 Å². The Morgan fingerprint density at radius 2 is 1.67 bits per heavy atom. The van der Waals surface area contributed by atoms with Crippen molar-refractivity contribution in [2.45, 2.75) is 108 Å². The van der Waals surface area contributed by atoms with Gasteiger partial charge in [-0.05, 0) is 84.9 Å². The molecule has 230 valence electrons. The third kappa shape index (κ3) is 10.1. The average Bonchev–Trinajstić information content (AvgIpc) is 3.01. The van der Waals surface area contributed by atoms with Gasteiger partial charge in [0.15, 0.2) is 0 Å². The Balaban J connectivity index is 1.51. The van der Waals surface area contributed by atoms with E-state index in [4.69, 9.17) is 0 Å². The SMILES string of the molecule is CSCCC(NC(=O)c1ccc(CNC(CSC2CCCCC2)CC2CCCCC2)cc1-c1ccccc1C)C(=O)O. The second-order valence-electron chi connectivity index (χ2n) is 12.3. The molecule has 7 heteroatoms. The maximum Gasteiger partial charge on any atom is 0.326 e. The standard InChI is InChI=1S/C35H50N2O3S2/c1-25-11-9-10-16-30(25)32-22-27(17-18-31(32)34(38)37-33(35(39)40)19-20-41-2)23-36-28(21-26-12-5-3-6-13-26)24-42-29-14-7-4-8-15-29/h9-11,16-18,22,26,28-29,33,36H,3-8,12-15,19-21,23-24H2,1-2H3,(H,37,38)(H,39,40). The number of hydrogen-bond donors (Lipinski definition) is 3. The second kappa shape index (κ2) is 17.4. The number of aryl methyl sites for hydroxylation is 1. The third-order valence-electron chi connectivity index (χ3n) is 9.00. The van der Waals surface area contributed by atoms with Gasteiger partial charge >= 0.3 is 5.97 Å². The lowest BCUT2D eigenvalue weighted by molar-refractivity contribution is -0.139. The highest BCUT2D eigenvalue weighted by Gasteiger charge is 2.24. The van der Waals surface area contributed by atoms with E-state index in [1.165, 1.54) is 76.4 Å². The normalized spacial score (nSPS) is 18.0. The number of carboxylic acid groups (broad SMARTS) is 1. The molecule has 2 saturated carbocycles. The molecule has 0 aromatic heterocycles. The summed E-state index contributed by atoms with van der Waals surface area (Å²) in [6.45, 7) is 2.82. The number of carbonyl (C=O) groups excluding carboxylic acids is 1. The first kappa shape index (κ1) is 32.9. The number of hydrogen-bond acceptors (Lipinski definition) is 5. The van der Waals surface area contributed by atoms with Gasteiger partial charge in [0.25, 0.3) is 5.91 Å². The van der Waals surface area contributed by atoms with Gasteiger partial charge in [0, 0.05) is 29.2 Å². The zero-order chi connectivity index (χ0) is 29.7. The zero-order valence-corrected chi connectivity index (χ0v) is 27.2. The first-order valence-electron chi connectivity index (χ1n) is 16.0. The smallest absolute Gasteiger partial charge is 0.326 e. The lowest BCUT2D eigenvalue weighted by Gasteiger charge is -2.29. The van der Waals surface area contributed by atoms with Crippen molar-refractivity contribution in [3.8, 4) is 11.1 Å². The van der Waals surface area contributed by atoms with E-state index in [2.05, 4.69) is 41.5 Å². The fraction of sp³-hybridized carbons (Fsp3) is 0.600. The minimum absolute atomic E-state index is 0.333. The summed E-state index contributed by atoms with van der Waals surface area (Å²) in [6.07, 6.45) is 17.3. The Kier molecular flexibility index (Phi) is 13.6. The first-order chi connectivity index (χ1) is 20.4. The summed E-state index contributed by atoms with van der Waals surface area (Å²) in [4.78, 5) is 25.3. The molecule has 0 radical (unpaired) electrons. The van der Waals surface area contributed by atoms with E-state index < -0.39 is 12.0 Å². The number of amides is 1. The van der Waals surface area contributed by atoms with E-state index >= 15 is 0 Å². The summed E-state index contributed by atoms with van der Waals surface area (Å²) in [5, 5.41) is 17.2. The van der Waals surface area contributed by atoms with E-state index in [0.717, 1.165) is 40.0 Å². The Morgan fingerprint density at radius 3 is 2.36 bits per heavy atom. The molecule has 0 aliphatic heterocycles. The minimum Gasteiger partial charge on any atom is -0.480 e. The van der Waals surface area contributed by atoms with Gasteiger partial charge in [-0.2, -0.15) is 23.5 Å². The lowest BCUT2D eigenvalue weighted by Crippen LogP contribution is -2.41. The second-order valence-corrected chi connectivity index (χ2v) is 14.6. The predicted octanol–water partition coefficient (Wildman–Crippen LogP) is 8.09. The molecule has 4 rings (SSSR count). The van der Waals surface area contributed by atoms with Crippen molar-refractivity contribution in [2.75, 3.05) is 17.8 Å². The monoisotopic (exact) mass is 610 g/mol. The van der Waals surface area contributed by atoms with Crippen molar-refractivity contribution in [3.63, 3.8) is 0 Å². The summed E-state index contributed by atoms with van der Waals surface area (Å²) in [5.74, 6) is 1.34. The molecule has 2 aliphatic carbocycles. The average molecular weight is 611 g/mol. The topological polar surface area (TPSA) is 78.4 Å². The molecular weight excluding hydrogens is 561 g/mol. The quantitative estimate of drug-likeness (QED) is 0.189. The molecule has 42 heavy (non-hydrogen) atoms. The highest BCUT2D eigenvalue weighted by atomic mass is 32.2. The van der Waals surface area contributed by atoms with E-state index in [-0.39, 0.29) is 5.91 Å². The molecule has 2 unspecified atom stereocenters. The Morgan fingerprint density at radius 1 is 0.952 bits per heavy atom. The molecule has 1 amide bonds. The summed E-state index contributed by atoms with van der Waals surface area (Å²) in [6, 6.07) is 13.7. The molecule has 2 aromatic rings. The Labute approximate surface area is 261 Å². The van der Waals surface area contributed by atoms with E-state index in [1.807, 2.05) is 36.6 Å². The van der Waals surface area contributed by atoms with Crippen LogP contribution in [-0.4, -0.2) is 52.1 Å². The Hall–Kier alpha value is -1.96. The van der Waals surface area contributed by atoms with Crippen molar-refractivity contribution in [1.29, 1.82) is 0 Å².